The van der Waals surface area contributed by atoms with Gasteiger partial charge < -0.3 is 38.9 Å². The zero-order valence-electron chi connectivity index (χ0n) is 45.0. The van der Waals surface area contributed by atoms with Crippen molar-refractivity contribution in [2.24, 2.45) is 4.90 Å². The number of benzene rings is 7. The molecule has 75 heavy (non-hydrogen) atoms. The maximum atomic E-state index is 7.22. The van der Waals surface area contributed by atoms with Crippen molar-refractivity contribution < 1.29 is 14.0 Å². The van der Waals surface area contributed by atoms with Gasteiger partial charge in [-0.25, -0.2) is 4.48 Å². The van der Waals surface area contributed by atoms with E-state index < -0.39 is 6.85 Å². The Bertz CT molecular complexity index is 3430. The first-order chi connectivity index (χ1) is 36.3. The number of aromatic nitrogens is 1. The minimum Gasteiger partial charge on any atom is -0.434 e. The highest BCUT2D eigenvalue weighted by atomic mass is 16.5. The van der Waals surface area contributed by atoms with E-state index in [4.69, 9.17) is 14.4 Å². The first kappa shape index (κ1) is 49.9. The molecule has 0 saturated heterocycles. The predicted octanol–water partition coefficient (Wildman–Crippen LogP) is 10.6. The van der Waals surface area contributed by atoms with E-state index in [0.29, 0.717) is 17.5 Å². The summed E-state index contributed by atoms with van der Waals surface area (Å²) in [5.74, 6) is 2.64. The molecule has 2 aliphatic heterocycles. The van der Waals surface area contributed by atoms with Crippen LogP contribution in [-0.4, -0.2) is 76.0 Å². The minimum absolute atomic E-state index is 0.334. The van der Waals surface area contributed by atoms with Gasteiger partial charge in [-0.05, 0) is 122 Å². The predicted molar refractivity (Wildman–Crippen MR) is 320 cm³/mol. The topological polar surface area (TPSA) is 54.1 Å². The SMILES string of the molecule is C\C=C/C=C\C(=N\B1c2ccc(N(C)C)cc2N(c2ccccc2)c2cc(N(C)C)ccc21)Oc1c[n+]2c(cc1C)Oc1ccccc1B2c1ccc(N(C)C)cc1N(c1ccccc1)c1cc(N(C)C)ccc1C. The molecule has 1 aromatic heterocycles. The Kier molecular flexibility index (Phi) is 14.0. The highest BCUT2D eigenvalue weighted by Gasteiger charge is 2.46. The molecule has 12 heteroatoms. The van der Waals surface area contributed by atoms with Crippen LogP contribution in [0.15, 0.2) is 199 Å². The fraction of sp³-hybridized carbons (Fsp3) is 0.175. The first-order valence-electron chi connectivity index (χ1n) is 25.6. The number of para-hydroxylation sites is 3. The van der Waals surface area contributed by atoms with Crippen LogP contribution >= 0.6 is 0 Å². The van der Waals surface area contributed by atoms with Crippen LogP contribution in [0, 0.1) is 13.8 Å². The molecule has 3 heterocycles. The fourth-order valence-corrected chi connectivity index (χ4v) is 10.1. The largest absolute Gasteiger partial charge is 0.568 e. The Hall–Kier alpha value is -8.63. The smallest absolute Gasteiger partial charge is 0.434 e. The van der Waals surface area contributed by atoms with Crippen LogP contribution < -0.4 is 65.2 Å². The van der Waals surface area contributed by atoms with E-state index in [2.05, 4.69) is 268 Å². The third-order valence-electron chi connectivity index (χ3n) is 14.1. The van der Waals surface area contributed by atoms with Crippen LogP contribution in [-0.2, 0) is 0 Å². The molecule has 0 aliphatic carbocycles. The van der Waals surface area contributed by atoms with Crippen LogP contribution in [0.2, 0.25) is 0 Å². The van der Waals surface area contributed by atoms with Crippen LogP contribution in [0.4, 0.5) is 56.9 Å². The normalized spacial score (nSPS) is 12.7. The lowest BCUT2D eigenvalue weighted by molar-refractivity contribution is -0.543. The van der Waals surface area contributed by atoms with Gasteiger partial charge in [-0.2, -0.15) is 0 Å². The van der Waals surface area contributed by atoms with Crippen LogP contribution in [0.5, 0.6) is 17.4 Å². The Morgan fingerprint density at radius 1 is 0.547 bits per heavy atom. The van der Waals surface area contributed by atoms with Crippen LogP contribution in [0.25, 0.3) is 0 Å². The number of allylic oxidation sites excluding steroid dienone is 3. The molecule has 374 valence electrons. The molecule has 0 bridgehead atoms. The lowest BCUT2D eigenvalue weighted by Gasteiger charge is -2.37. The molecule has 0 spiro atoms. The van der Waals surface area contributed by atoms with Crippen LogP contribution in [0.3, 0.4) is 0 Å². The minimum atomic E-state index is -0.405. The molecule has 8 aromatic rings. The number of pyridine rings is 1. The van der Waals surface area contributed by atoms with E-state index in [9.17, 15) is 0 Å². The van der Waals surface area contributed by atoms with E-state index in [0.717, 1.165) is 95.6 Å². The molecule has 0 atom stereocenters. The first-order valence-corrected chi connectivity index (χ1v) is 25.6. The summed E-state index contributed by atoms with van der Waals surface area (Å²) in [4.78, 5) is 19.1. The van der Waals surface area contributed by atoms with Crippen molar-refractivity contribution in [1.29, 1.82) is 0 Å². The van der Waals surface area contributed by atoms with Gasteiger partial charge in [0.1, 0.15) is 5.75 Å². The van der Waals surface area contributed by atoms with E-state index in [1.165, 1.54) is 0 Å². The summed E-state index contributed by atoms with van der Waals surface area (Å²) < 4.78 is 16.3. The van der Waals surface area contributed by atoms with Crippen LogP contribution in [0.1, 0.15) is 18.1 Å². The number of hydrogen-bond donors (Lipinski definition) is 0. The summed E-state index contributed by atoms with van der Waals surface area (Å²) in [6, 6.07) is 58.6. The lowest BCUT2D eigenvalue weighted by atomic mass is 9.48. The number of rotatable bonds is 13. The van der Waals surface area contributed by atoms with Gasteiger partial charge in [-0.15, -0.1) is 0 Å². The van der Waals surface area contributed by atoms with Crippen molar-refractivity contribution in [1.82, 2.24) is 0 Å². The summed E-state index contributed by atoms with van der Waals surface area (Å²) in [7, 11) is 16.7. The standard InChI is InChI=1S/C63H65B2N8O2/c1-12-13-16-29-62(66-64-52-35-32-49(68(6)7)40-57(52)73(47-25-19-15-20-26-47)58-41-50(69(8)9)33-36-53(58)64)74-61-43-71-63(38-45(61)3)75-60-28-22-21-27-55(60)65(71)54-37-34-51(70(10)11)42-59(54)72(46-23-17-14-18-24-46)56-39-48(67(4)5)31-30-44(56)2/h12-43H,1-11H3/q+1/b13-12-,29-16-,66-62-. The molecule has 0 saturated carbocycles. The molecule has 7 aromatic carbocycles. The fourth-order valence-electron chi connectivity index (χ4n) is 10.1. The quantitative estimate of drug-likeness (QED) is 0.0490. The zero-order valence-corrected chi connectivity index (χ0v) is 45.0. The van der Waals surface area contributed by atoms with Crippen molar-refractivity contribution >= 4 is 98.3 Å². The van der Waals surface area contributed by atoms with Crippen molar-refractivity contribution in [2.45, 2.75) is 20.8 Å². The number of nitrogens with zero attached hydrogens (tertiary/aromatic N) is 8. The van der Waals surface area contributed by atoms with Gasteiger partial charge in [-0.1, -0.05) is 97.1 Å². The zero-order chi connectivity index (χ0) is 52.5. The molecular formula is C63H65B2N8O2+. The van der Waals surface area contributed by atoms with E-state index in [-0.39, 0.29) is 6.85 Å². The number of aryl methyl sites for hydroxylation is 2. The van der Waals surface area contributed by atoms with Crippen molar-refractivity contribution in [2.75, 3.05) is 85.8 Å². The van der Waals surface area contributed by atoms with E-state index >= 15 is 0 Å². The number of ether oxygens (including phenoxy) is 2. The summed E-state index contributed by atoms with van der Waals surface area (Å²) >= 11 is 0. The highest BCUT2D eigenvalue weighted by Crippen LogP contribution is 2.41. The molecule has 2 aliphatic rings. The van der Waals surface area contributed by atoms with Gasteiger partial charge >= 0.3 is 19.6 Å². The molecule has 0 amide bonds. The third kappa shape index (κ3) is 9.84. The van der Waals surface area contributed by atoms with Crippen molar-refractivity contribution in [3.05, 3.63) is 205 Å². The Balaban J connectivity index is 1.16. The highest BCUT2D eigenvalue weighted by molar-refractivity contribution is 6.87. The Morgan fingerprint density at radius 3 is 1.71 bits per heavy atom. The maximum Gasteiger partial charge on any atom is 0.568 e. The molecule has 0 N–H and O–H groups in total. The molecule has 0 radical (unpaired) electrons. The number of fused-ring (bicyclic) bond motifs is 4. The molecule has 0 fully saturated rings. The summed E-state index contributed by atoms with van der Waals surface area (Å²) in [5, 5.41) is 0. The Labute approximate surface area is 444 Å². The van der Waals surface area contributed by atoms with Crippen molar-refractivity contribution in [3.63, 3.8) is 0 Å². The molecule has 10 nitrogen and oxygen atoms in total. The van der Waals surface area contributed by atoms with E-state index in [1.807, 2.05) is 37.3 Å². The van der Waals surface area contributed by atoms with Crippen molar-refractivity contribution in [3.8, 4) is 17.4 Å². The van der Waals surface area contributed by atoms with E-state index in [1.54, 1.807) is 0 Å². The lowest BCUT2D eigenvalue weighted by Crippen LogP contribution is -2.68. The monoisotopic (exact) mass is 988 g/mol. The summed E-state index contributed by atoms with van der Waals surface area (Å²) in [6.45, 7) is 5.54. The summed E-state index contributed by atoms with van der Waals surface area (Å²) in [6.07, 6.45) is 10.1. The third-order valence-corrected chi connectivity index (χ3v) is 14.1. The van der Waals surface area contributed by atoms with Gasteiger partial charge in [0, 0.05) is 118 Å². The molecular weight excluding hydrogens is 922 g/mol. The van der Waals surface area contributed by atoms with Gasteiger partial charge in [0.15, 0.2) is 11.9 Å². The summed E-state index contributed by atoms with van der Waals surface area (Å²) in [5.41, 5.74) is 17.1. The maximum absolute atomic E-state index is 7.22. The second-order valence-electron chi connectivity index (χ2n) is 20.1. The second kappa shape index (κ2) is 21.1. The average molecular weight is 988 g/mol. The molecule has 10 rings (SSSR count). The average Bonchev–Trinajstić information content (AvgIpc) is 3.41. The van der Waals surface area contributed by atoms with Gasteiger partial charge in [0.2, 0.25) is 5.90 Å². The second-order valence-corrected chi connectivity index (χ2v) is 20.1. The Morgan fingerprint density at radius 2 is 1.09 bits per heavy atom. The van der Waals surface area contributed by atoms with Gasteiger partial charge in [-0.3, -0.25) is 4.90 Å². The number of hydrogen-bond acceptors (Lipinski definition) is 9. The van der Waals surface area contributed by atoms with Gasteiger partial charge in [0.25, 0.3) is 0 Å². The molecule has 0 unspecified atom stereocenters. The van der Waals surface area contributed by atoms with Gasteiger partial charge in [0.05, 0.1) is 17.4 Å². The number of anilines is 10.